The van der Waals surface area contributed by atoms with E-state index in [1.54, 1.807) is 44.2 Å². The fraction of sp³-hybridized carbons (Fsp3) is 0.552. The van der Waals surface area contributed by atoms with Crippen molar-refractivity contribution in [1.29, 1.82) is 0 Å². The van der Waals surface area contributed by atoms with E-state index in [1.165, 1.54) is 0 Å². The molecule has 5 atom stereocenters. The number of nitrogens with one attached hydrogen (secondary N) is 5. The zero-order valence-corrected chi connectivity index (χ0v) is 26.5. The first-order chi connectivity index (χ1) is 22.2. The van der Waals surface area contributed by atoms with Crippen molar-refractivity contribution in [3.05, 3.63) is 35.9 Å². The van der Waals surface area contributed by atoms with Crippen LogP contribution in [0.1, 0.15) is 38.7 Å². The lowest BCUT2D eigenvalue weighted by Crippen LogP contribution is -2.59. The van der Waals surface area contributed by atoms with Crippen LogP contribution in [0.2, 0.25) is 0 Å². The molecule has 0 aliphatic heterocycles. The van der Waals surface area contributed by atoms with Gasteiger partial charge in [-0.25, -0.2) is 4.79 Å². The fourth-order valence-corrected chi connectivity index (χ4v) is 4.16. The summed E-state index contributed by atoms with van der Waals surface area (Å²) < 4.78 is 0. The van der Waals surface area contributed by atoms with Gasteiger partial charge >= 0.3 is 5.97 Å². The van der Waals surface area contributed by atoms with Crippen molar-refractivity contribution in [2.45, 2.75) is 69.7 Å². The van der Waals surface area contributed by atoms with Crippen molar-refractivity contribution in [3.8, 4) is 0 Å². The van der Waals surface area contributed by atoms with Gasteiger partial charge in [-0.05, 0) is 30.7 Å². The lowest BCUT2D eigenvalue weighted by Gasteiger charge is -2.26. The van der Waals surface area contributed by atoms with Crippen molar-refractivity contribution >= 4 is 41.5 Å². The van der Waals surface area contributed by atoms with Gasteiger partial charge in [0.1, 0.15) is 30.2 Å². The Kier molecular flexibility index (Phi) is 18.0. The summed E-state index contributed by atoms with van der Waals surface area (Å²) in [5.41, 5.74) is 16.8. The zero-order chi connectivity index (χ0) is 35.5. The van der Waals surface area contributed by atoms with E-state index in [1.807, 2.05) is 0 Å². The summed E-state index contributed by atoms with van der Waals surface area (Å²) in [4.78, 5) is 79.5. The molecule has 0 aromatic heterocycles. The highest BCUT2D eigenvalue weighted by Gasteiger charge is 2.31. The van der Waals surface area contributed by atoms with Crippen LogP contribution in [0.25, 0.3) is 0 Å². The van der Waals surface area contributed by atoms with Gasteiger partial charge in [0.2, 0.25) is 29.5 Å². The average molecular weight is 666 g/mol. The number of aliphatic hydroxyl groups excluding tert-OH is 2. The molecule has 0 saturated heterocycles. The van der Waals surface area contributed by atoms with E-state index in [-0.39, 0.29) is 44.1 Å². The molecule has 1 rings (SSSR count). The largest absolute Gasteiger partial charge is 0.480 e. The number of rotatable bonds is 21. The molecule has 0 bridgehead atoms. The SMILES string of the molecule is CC(C)C[C@H](NC(=O)[C@H](CO)NC(=O)[C@@H](N)CO)C(=O)N[C@@H](CCCN=C(N)N)C(=O)NCC(=O)N[C@@H](Cc1ccccc1)C(=O)O. The number of nitrogens with zero attached hydrogens (tertiary/aromatic N) is 1. The van der Waals surface area contributed by atoms with Gasteiger partial charge in [-0.3, -0.25) is 29.0 Å². The highest BCUT2D eigenvalue weighted by molar-refractivity contribution is 5.95. The first kappa shape index (κ1) is 40.2. The number of aliphatic carboxylic acids is 1. The number of carboxylic acid groups (broad SMARTS) is 1. The van der Waals surface area contributed by atoms with Gasteiger partial charge in [-0.1, -0.05) is 44.2 Å². The lowest BCUT2D eigenvalue weighted by atomic mass is 10.0. The third-order valence-corrected chi connectivity index (χ3v) is 6.61. The van der Waals surface area contributed by atoms with Gasteiger partial charge in [0.15, 0.2) is 5.96 Å². The molecule has 18 heteroatoms. The molecule has 0 spiro atoms. The summed E-state index contributed by atoms with van der Waals surface area (Å²) in [7, 11) is 0. The minimum Gasteiger partial charge on any atom is -0.480 e. The Bertz CT molecular complexity index is 1230. The van der Waals surface area contributed by atoms with Gasteiger partial charge in [0.05, 0.1) is 19.8 Å². The van der Waals surface area contributed by atoms with E-state index in [0.717, 1.165) is 0 Å². The summed E-state index contributed by atoms with van der Waals surface area (Å²) in [6, 6.07) is 2.10. The molecular weight excluding hydrogens is 618 g/mol. The van der Waals surface area contributed by atoms with Gasteiger partial charge in [0, 0.05) is 13.0 Å². The molecular formula is C29H47N9O9. The minimum atomic E-state index is -1.49. The van der Waals surface area contributed by atoms with Crippen molar-refractivity contribution in [3.63, 3.8) is 0 Å². The predicted octanol–water partition coefficient (Wildman–Crippen LogP) is -4.22. The van der Waals surface area contributed by atoms with Crippen LogP contribution in [0.4, 0.5) is 0 Å². The Morgan fingerprint density at radius 3 is 1.94 bits per heavy atom. The molecule has 14 N–H and O–H groups in total. The number of carbonyl (C=O) groups excluding carboxylic acids is 5. The number of amides is 5. The number of guanidine groups is 1. The second kappa shape index (κ2) is 21.1. The smallest absolute Gasteiger partial charge is 0.326 e. The summed E-state index contributed by atoms with van der Waals surface area (Å²) in [5.74, 6) is -5.73. The maximum Gasteiger partial charge on any atom is 0.326 e. The monoisotopic (exact) mass is 665 g/mol. The third kappa shape index (κ3) is 15.8. The number of aliphatic imine (C=N–C) groups is 1. The normalized spacial score (nSPS) is 14.0. The topological polar surface area (TPSA) is 314 Å². The van der Waals surface area contributed by atoms with Gasteiger partial charge < -0.3 is 59.1 Å². The highest BCUT2D eigenvalue weighted by atomic mass is 16.4. The number of nitrogens with two attached hydrogens (primary N) is 3. The molecule has 1 aromatic carbocycles. The first-order valence-electron chi connectivity index (χ1n) is 15.0. The Balaban J connectivity index is 3.01. The molecule has 47 heavy (non-hydrogen) atoms. The van der Waals surface area contributed by atoms with Crippen LogP contribution in [0.3, 0.4) is 0 Å². The predicted molar refractivity (Wildman–Crippen MR) is 170 cm³/mol. The molecule has 5 amide bonds. The van der Waals surface area contributed by atoms with Crippen LogP contribution in [0.5, 0.6) is 0 Å². The van der Waals surface area contributed by atoms with Crippen LogP contribution in [0, 0.1) is 5.92 Å². The molecule has 1 aromatic rings. The number of carboxylic acids is 1. The van der Waals surface area contributed by atoms with Crippen LogP contribution < -0.4 is 43.8 Å². The van der Waals surface area contributed by atoms with E-state index in [2.05, 4.69) is 31.6 Å². The van der Waals surface area contributed by atoms with Gasteiger partial charge in [-0.2, -0.15) is 0 Å². The Labute approximate surface area is 272 Å². The quantitative estimate of drug-likeness (QED) is 0.0338. The van der Waals surface area contributed by atoms with Crippen LogP contribution in [-0.4, -0.2) is 113 Å². The zero-order valence-electron chi connectivity index (χ0n) is 26.5. The molecule has 0 aliphatic rings. The molecule has 0 heterocycles. The molecule has 0 radical (unpaired) electrons. The van der Waals surface area contributed by atoms with Crippen molar-refractivity contribution < 1.29 is 44.1 Å². The second-order valence-corrected chi connectivity index (χ2v) is 11.1. The standard InChI is InChI=1S/C29H47N9O9/c1-16(2)11-20(37-27(45)22(15-40)38-24(42)18(30)14-39)26(44)36-19(9-6-10-33-29(31)32)25(43)34-13-23(41)35-21(28(46)47)12-17-7-4-3-5-8-17/h3-5,7-8,16,18-22,39-40H,6,9-15,30H2,1-2H3,(H,34,43)(H,35,41)(H,36,44)(H,37,45)(H,38,42)(H,46,47)(H4,31,32,33)/t18-,19-,20-,21-,22-/m0/s1. The number of benzene rings is 1. The lowest BCUT2D eigenvalue weighted by molar-refractivity contribution is -0.141. The minimum absolute atomic E-state index is 0.0113. The molecule has 262 valence electrons. The van der Waals surface area contributed by atoms with E-state index >= 15 is 0 Å². The summed E-state index contributed by atoms with van der Waals surface area (Å²) in [5, 5.41) is 40.2. The Morgan fingerprint density at radius 1 is 0.787 bits per heavy atom. The summed E-state index contributed by atoms with van der Waals surface area (Å²) in [6.07, 6.45) is 0.351. The fourth-order valence-electron chi connectivity index (χ4n) is 4.16. The van der Waals surface area contributed by atoms with E-state index in [9.17, 15) is 39.0 Å². The number of carbonyl (C=O) groups is 6. The maximum atomic E-state index is 13.4. The molecule has 0 unspecified atom stereocenters. The Morgan fingerprint density at radius 2 is 1.38 bits per heavy atom. The van der Waals surface area contributed by atoms with Crippen molar-refractivity contribution in [2.24, 2.45) is 28.1 Å². The van der Waals surface area contributed by atoms with Gasteiger partial charge in [-0.15, -0.1) is 0 Å². The number of hydrogen-bond acceptors (Lipinski definition) is 10. The number of aliphatic hydroxyl groups is 2. The molecule has 0 saturated carbocycles. The Hall–Kier alpha value is -4.81. The van der Waals surface area contributed by atoms with Crippen molar-refractivity contribution in [2.75, 3.05) is 26.3 Å². The van der Waals surface area contributed by atoms with Crippen LogP contribution in [-0.2, 0) is 35.2 Å². The molecule has 18 nitrogen and oxygen atoms in total. The molecule has 0 aliphatic carbocycles. The van der Waals surface area contributed by atoms with E-state index < -0.39 is 85.5 Å². The first-order valence-corrected chi connectivity index (χ1v) is 15.0. The average Bonchev–Trinajstić information content (AvgIpc) is 3.02. The van der Waals surface area contributed by atoms with E-state index in [0.29, 0.717) is 5.56 Å². The highest BCUT2D eigenvalue weighted by Crippen LogP contribution is 2.08. The summed E-state index contributed by atoms with van der Waals surface area (Å²) >= 11 is 0. The van der Waals surface area contributed by atoms with Gasteiger partial charge in [0.25, 0.3) is 0 Å². The van der Waals surface area contributed by atoms with Crippen LogP contribution in [0.15, 0.2) is 35.3 Å². The van der Waals surface area contributed by atoms with Crippen molar-refractivity contribution in [1.82, 2.24) is 26.6 Å². The number of hydrogen-bond donors (Lipinski definition) is 11. The third-order valence-electron chi connectivity index (χ3n) is 6.61. The molecule has 0 fully saturated rings. The summed E-state index contributed by atoms with van der Waals surface area (Å²) in [6.45, 7) is 1.53. The second-order valence-electron chi connectivity index (χ2n) is 11.1. The van der Waals surface area contributed by atoms with E-state index in [4.69, 9.17) is 22.3 Å². The van der Waals surface area contributed by atoms with Crippen LogP contribution >= 0.6 is 0 Å². The maximum absolute atomic E-state index is 13.4.